The molecule has 1 aliphatic carbocycles. The number of ether oxygens (including phenoxy) is 1. The Morgan fingerprint density at radius 2 is 2.38 bits per heavy atom. The maximum Gasteiger partial charge on any atom is 0.149 e. The van der Waals surface area contributed by atoms with Crippen LogP contribution in [0.15, 0.2) is 18.2 Å². The Kier molecular flexibility index (Phi) is 3.48. The molecule has 0 amide bonds. The minimum atomic E-state index is 0.482. The first-order chi connectivity index (χ1) is 7.86. The van der Waals surface area contributed by atoms with E-state index in [0.29, 0.717) is 12.6 Å². The van der Waals surface area contributed by atoms with Gasteiger partial charge in [0.2, 0.25) is 0 Å². The number of fused-ring (bicyclic) bond motifs is 1. The zero-order chi connectivity index (χ0) is 11.4. The number of nitrogens with one attached hydrogen (secondary N) is 1. The smallest absolute Gasteiger partial charge is 0.149 e. The first kappa shape index (κ1) is 11.0. The van der Waals surface area contributed by atoms with Gasteiger partial charge in [0.05, 0.1) is 0 Å². The van der Waals surface area contributed by atoms with Crippen molar-refractivity contribution in [2.75, 3.05) is 13.7 Å². The van der Waals surface area contributed by atoms with Crippen LogP contribution in [-0.4, -0.2) is 13.7 Å². The van der Waals surface area contributed by atoms with Crippen LogP contribution in [0.4, 0.5) is 0 Å². The minimum absolute atomic E-state index is 0.482. The molecule has 1 atom stereocenters. The van der Waals surface area contributed by atoms with E-state index < -0.39 is 0 Å². The van der Waals surface area contributed by atoms with Crippen LogP contribution in [0.3, 0.4) is 0 Å². The van der Waals surface area contributed by atoms with Gasteiger partial charge < -0.3 is 10.1 Å². The van der Waals surface area contributed by atoms with Crippen LogP contribution in [-0.2, 0) is 6.42 Å². The lowest BCUT2D eigenvalue weighted by atomic mass is 10.1. The van der Waals surface area contributed by atoms with E-state index >= 15 is 0 Å². The zero-order valence-electron chi connectivity index (χ0n) is 9.84. The molecule has 0 aromatic heterocycles. The lowest BCUT2D eigenvalue weighted by molar-refractivity contribution is 0.366. The Labute approximate surface area is 97.0 Å². The van der Waals surface area contributed by atoms with Crippen LogP contribution in [0.2, 0.25) is 0 Å². The predicted molar refractivity (Wildman–Crippen MR) is 65.5 cm³/mol. The summed E-state index contributed by atoms with van der Waals surface area (Å²) >= 11 is 0. The fourth-order valence-electron chi connectivity index (χ4n) is 2.24. The summed E-state index contributed by atoms with van der Waals surface area (Å²) in [5, 5.41) is 3.33. The van der Waals surface area contributed by atoms with Crippen molar-refractivity contribution in [3.8, 4) is 17.6 Å². The van der Waals surface area contributed by atoms with E-state index in [1.807, 2.05) is 20.0 Å². The Balaban J connectivity index is 2.20. The first-order valence-electron chi connectivity index (χ1n) is 5.68. The second-order valence-corrected chi connectivity index (χ2v) is 3.92. The third kappa shape index (κ3) is 2.05. The molecule has 1 N–H and O–H groups in total. The number of hydrogen-bond acceptors (Lipinski definition) is 2. The molecule has 1 aromatic carbocycles. The maximum atomic E-state index is 5.68. The molecule has 0 fully saturated rings. The van der Waals surface area contributed by atoms with Crippen LogP contribution in [0.1, 0.15) is 30.5 Å². The molecule has 1 aliphatic rings. The Hall–Kier alpha value is -1.46. The molecule has 0 aliphatic heterocycles. The van der Waals surface area contributed by atoms with Gasteiger partial charge in [-0.25, -0.2) is 0 Å². The standard InChI is InChI=1S/C14H17NO/c1-3-4-10-16-14-7-5-6-11-12(14)8-9-13(11)15-2/h5-7,13,15H,8-10H2,1-2H3. The summed E-state index contributed by atoms with van der Waals surface area (Å²) in [7, 11) is 2.01. The van der Waals surface area contributed by atoms with E-state index in [4.69, 9.17) is 4.74 Å². The van der Waals surface area contributed by atoms with Gasteiger partial charge in [-0.2, -0.15) is 0 Å². The van der Waals surface area contributed by atoms with E-state index in [-0.39, 0.29) is 0 Å². The zero-order valence-corrected chi connectivity index (χ0v) is 9.84. The van der Waals surface area contributed by atoms with E-state index in [0.717, 1.165) is 18.6 Å². The van der Waals surface area contributed by atoms with Crippen LogP contribution in [0.5, 0.6) is 5.75 Å². The normalized spacial score (nSPS) is 17.5. The van der Waals surface area contributed by atoms with E-state index in [1.54, 1.807) is 0 Å². The quantitative estimate of drug-likeness (QED) is 0.781. The molecule has 16 heavy (non-hydrogen) atoms. The van der Waals surface area contributed by atoms with Crippen molar-refractivity contribution < 1.29 is 4.74 Å². The molecule has 0 bridgehead atoms. The van der Waals surface area contributed by atoms with Crippen LogP contribution in [0, 0.1) is 11.8 Å². The highest BCUT2D eigenvalue weighted by Crippen LogP contribution is 2.36. The third-order valence-electron chi connectivity index (χ3n) is 3.05. The van der Waals surface area contributed by atoms with Crippen molar-refractivity contribution in [2.24, 2.45) is 0 Å². The molecule has 84 valence electrons. The topological polar surface area (TPSA) is 21.3 Å². The fraction of sp³-hybridized carbons (Fsp3) is 0.429. The summed E-state index contributed by atoms with van der Waals surface area (Å²) in [6.07, 6.45) is 2.25. The molecule has 0 saturated carbocycles. The summed E-state index contributed by atoms with van der Waals surface area (Å²) in [4.78, 5) is 0. The molecule has 2 nitrogen and oxygen atoms in total. The highest BCUT2D eigenvalue weighted by Gasteiger charge is 2.23. The highest BCUT2D eigenvalue weighted by molar-refractivity contribution is 5.45. The van der Waals surface area contributed by atoms with Crippen LogP contribution < -0.4 is 10.1 Å². The summed E-state index contributed by atoms with van der Waals surface area (Å²) in [5.74, 6) is 6.76. The molecule has 0 radical (unpaired) electrons. The minimum Gasteiger partial charge on any atom is -0.481 e. The molecule has 1 aromatic rings. The number of benzene rings is 1. The summed E-state index contributed by atoms with van der Waals surface area (Å²) < 4.78 is 5.68. The molecule has 0 saturated heterocycles. The fourth-order valence-corrected chi connectivity index (χ4v) is 2.24. The molecule has 2 rings (SSSR count). The summed E-state index contributed by atoms with van der Waals surface area (Å²) in [6, 6.07) is 6.76. The third-order valence-corrected chi connectivity index (χ3v) is 3.05. The monoisotopic (exact) mass is 215 g/mol. The molecule has 0 heterocycles. The van der Waals surface area contributed by atoms with Gasteiger partial charge in [-0.15, -0.1) is 5.92 Å². The van der Waals surface area contributed by atoms with Gasteiger partial charge in [0.1, 0.15) is 12.4 Å². The highest BCUT2D eigenvalue weighted by atomic mass is 16.5. The first-order valence-corrected chi connectivity index (χ1v) is 5.68. The van der Waals surface area contributed by atoms with Gasteiger partial charge in [0, 0.05) is 6.04 Å². The largest absolute Gasteiger partial charge is 0.481 e. The van der Waals surface area contributed by atoms with Crippen molar-refractivity contribution in [3.05, 3.63) is 29.3 Å². The van der Waals surface area contributed by atoms with Gasteiger partial charge >= 0.3 is 0 Å². The lowest BCUT2D eigenvalue weighted by Gasteiger charge is -2.11. The van der Waals surface area contributed by atoms with Gasteiger partial charge in [0.25, 0.3) is 0 Å². The van der Waals surface area contributed by atoms with Gasteiger partial charge in [0.15, 0.2) is 0 Å². The van der Waals surface area contributed by atoms with Gasteiger partial charge in [-0.1, -0.05) is 18.1 Å². The van der Waals surface area contributed by atoms with Crippen LogP contribution in [0.25, 0.3) is 0 Å². The van der Waals surface area contributed by atoms with E-state index in [2.05, 4.69) is 29.3 Å². The summed E-state index contributed by atoms with van der Waals surface area (Å²) in [5.41, 5.74) is 2.73. The number of hydrogen-bond donors (Lipinski definition) is 1. The average molecular weight is 215 g/mol. The van der Waals surface area contributed by atoms with Crippen molar-refractivity contribution >= 4 is 0 Å². The Morgan fingerprint density at radius 3 is 3.12 bits per heavy atom. The molecular formula is C14H17NO. The van der Waals surface area contributed by atoms with Crippen molar-refractivity contribution in [2.45, 2.75) is 25.8 Å². The summed E-state index contributed by atoms with van der Waals surface area (Å²) in [6.45, 7) is 2.31. The van der Waals surface area contributed by atoms with Gasteiger partial charge in [-0.3, -0.25) is 0 Å². The number of rotatable bonds is 3. The van der Waals surface area contributed by atoms with Crippen molar-refractivity contribution in [1.82, 2.24) is 5.32 Å². The maximum absolute atomic E-state index is 5.68. The SMILES string of the molecule is CC#CCOc1cccc2c1CCC2NC. The van der Waals surface area contributed by atoms with Gasteiger partial charge in [-0.05, 0) is 44.0 Å². The molecule has 1 unspecified atom stereocenters. The van der Waals surface area contributed by atoms with Crippen molar-refractivity contribution in [3.63, 3.8) is 0 Å². The average Bonchev–Trinajstić information content (AvgIpc) is 2.73. The molecule has 0 spiro atoms. The predicted octanol–water partition coefficient (Wildman–Crippen LogP) is 2.30. The van der Waals surface area contributed by atoms with Crippen molar-refractivity contribution in [1.29, 1.82) is 0 Å². The van der Waals surface area contributed by atoms with E-state index in [9.17, 15) is 0 Å². The Bertz CT molecular complexity index is 428. The second-order valence-electron chi connectivity index (χ2n) is 3.92. The molecular weight excluding hydrogens is 198 g/mol. The van der Waals surface area contributed by atoms with E-state index in [1.165, 1.54) is 11.1 Å². The second kappa shape index (κ2) is 5.05. The Morgan fingerprint density at radius 1 is 1.50 bits per heavy atom. The molecule has 2 heteroatoms. The lowest BCUT2D eigenvalue weighted by Crippen LogP contribution is -2.12. The van der Waals surface area contributed by atoms with Crippen LogP contribution >= 0.6 is 0 Å².